The fourth-order valence-corrected chi connectivity index (χ4v) is 22.0. The zero-order valence-corrected chi connectivity index (χ0v) is 46.5. The molecule has 21 atom stereocenters. The summed E-state index contributed by atoms with van der Waals surface area (Å²) in [7, 11) is 0. The topological polar surface area (TPSA) is 43.0 Å². The number of rotatable bonds is 12. The molecule has 2 heterocycles. The van der Waals surface area contributed by atoms with E-state index < -0.39 is 5.72 Å². The van der Waals surface area contributed by atoms with Gasteiger partial charge in [-0.3, -0.25) is 10.2 Å². The van der Waals surface area contributed by atoms with Gasteiger partial charge in [0.25, 0.3) is 0 Å². The molecule has 0 bridgehead atoms. The van der Waals surface area contributed by atoms with Gasteiger partial charge in [-0.05, 0) is 228 Å². The predicted molar refractivity (Wildman–Crippen MR) is 277 cm³/mol. The van der Waals surface area contributed by atoms with Crippen molar-refractivity contribution >= 4 is 0 Å². The van der Waals surface area contributed by atoms with Crippen LogP contribution in [-0.2, 0) is 14.3 Å². The molecule has 1 N–H and O–H groups in total. The number of hydrogen-bond acceptors (Lipinski definition) is 5. The smallest absolute Gasteiger partial charge is 0.150 e. The summed E-state index contributed by atoms with van der Waals surface area (Å²) in [5.74, 6) is 12.3. The Kier molecular flexibility index (Phi) is 13.5. The van der Waals surface area contributed by atoms with Gasteiger partial charge in [-0.15, -0.1) is 5.06 Å². The number of ether oxygens (including phenoxy) is 2. The van der Waals surface area contributed by atoms with Crippen molar-refractivity contribution in [2.24, 2.45) is 110 Å². The quantitative estimate of drug-likeness (QED) is 0.211. The fourth-order valence-electron chi connectivity index (χ4n) is 22.0. The van der Waals surface area contributed by atoms with Crippen molar-refractivity contribution < 1.29 is 14.3 Å². The second kappa shape index (κ2) is 18.0. The van der Waals surface area contributed by atoms with Crippen LogP contribution in [0.2, 0.25) is 0 Å². The Labute approximate surface area is 414 Å². The van der Waals surface area contributed by atoms with Gasteiger partial charge in [0.1, 0.15) is 11.8 Å². The molecule has 0 radical (unpaired) electrons. The maximum absolute atomic E-state index is 8.01. The Morgan fingerprint density at radius 3 is 1.64 bits per heavy atom. The van der Waals surface area contributed by atoms with Crippen LogP contribution in [0, 0.1) is 110 Å². The van der Waals surface area contributed by atoms with Crippen LogP contribution >= 0.6 is 0 Å². The van der Waals surface area contributed by atoms with Gasteiger partial charge in [0.15, 0.2) is 5.72 Å². The Bertz CT molecular complexity index is 1750. The first-order chi connectivity index (χ1) is 31.6. The Balaban J connectivity index is 0.872. The molecule has 10 fully saturated rings. The maximum atomic E-state index is 8.01. The SMILES string of the molecule is CC(C)CCC[C@@H](C)[C@H]1CC[C@H]2[C@@H]3CC[C@H]4C(C)C5(NC(C)CO5)C(ON5C(C)(C)COC56CC[C@@]5(C)C(CCC7C5CC[C@@]5(C)C7CC[C@@H]5[C@H](C)CCCC(C)C)C6)C[C@]4(C)[C@H]3CC[C@]12C. The molecule has 0 aromatic rings. The zero-order valence-electron chi connectivity index (χ0n) is 46.5. The van der Waals surface area contributed by atoms with E-state index in [4.69, 9.17) is 14.3 Å². The molecule has 0 aromatic carbocycles. The lowest BCUT2D eigenvalue weighted by atomic mass is 9.42. The maximum Gasteiger partial charge on any atom is 0.150 e. The summed E-state index contributed by atoms with van der Waals surface area (Å²) in [4.78, 5) is 8.01. The van der Waals surface area contributed by atoms with Crippen molar-refractivity contribution in [1.29, 1.82) is 0 Å². The van der Waals surface area contributed by atoms with Crippen molar-refractivity contribution in [3.63, 3.8) is 0 Å². The highest BCUT2D eigenvalue weighted by atomic mass is 16.8. The molecule has 5 nitrogen and oxygen atoms in total. The molecule has 0 aromatic heterocycles. The minimum absolute atomic E-state index is 0.0286. The molecule has 8 aliphatic carbocycles. The Hall–Kier alpha value is -0.200. The van der Waals surface area contributed by atoms with Gasteiger partial charge in [-0.25, -0.2) is 0 Å². The number of hydrogen-bond donors (Lipinski definition) is 1. The van der Waals surface area contributed by atoms with Crippen molar-refractivity contribution in [3.05, 3.63) is 0 Å². The summed E-state index contributed by atoms with van der Waals surface area (Å²) in [5, 5.41) is 6.73. The van der Waals surface area contributed by atoms with Gasteiger partial charge >= 0.3 is 0 Å². The van der Waals surface area contributed by atoms with Gasteiger partial charge in [0, 0.05) is 12.0 Å². The Morgan fingerprint density at radius 2 is 1.09 bits per heavy atom. The van der Waals surface area contributed by atoms with Crippen LogP contribution in [0.3, 0.4) is 0 Å². The number of nitrogens with one attached hydrogen (secondary N) is 1. The first-order valence-electron chi connectivity index (χ1n) is 30.1. The molecule has 2 saturated heterocycles. The third-order valence-electron chi connectivity index (χ3n) is 25.3. The standard InChI is InChI=1S/C62H108N2O3/c1-39(2)17-15-19-41(5)48-25-27-51-46-22-21-45-35-61(34-33-57(45,11)53(46)29-31-58(48,51)12)64(56(9,10)38-66-61)67-55-36-60(14)50(44(8)62(55)63-43(7)37-65-62)24-23-47-52-28-26-49(42(6)20-16-18-40(3)4)59(52,13)32-30-54(47)60/h39-55,63H,15-38H2,1-14H3/t41-,42-,43?,44?,45?,46?,47+,48-,49-,50+,51?,52+,53?,54+,55?,57+,58-,59-,60+,61?,62?/m1/s1. The largest absolute Gasteiger partial charge is 0.356 e. The van der Waals surface area contributed by atoms with Crippen LogP contribution < -0.4 is 5.32 Å². The van der Waals surface area contributed by atoms with E-state index in [1.165, 1.54) is 122 Å². The average Bonchev–Trinajstić information content (AvgIpc) is 4.00. The highest BCUT2D eigenvalue weighted by Crippen LogP contribution is 2.72. The molecule has 384 valence electrons. The number of nitrogens with zero attached hydrogens (tertiary/aromatic N) is 1. The molecule has 9 unspecified atom stereocenters. The van der Waals surface area contributed by atoms with E-state index in [0.717, 1.165) is 103 Å². The number of hydroxylamine groups is 2. The molecular formula is C62H108N2O3. The third-order valence-corrected chi connectivity index (χ3v) is 25.3. The van der Waals surface area contributed by atoms with Gasteiger partial charge in [0.2, 0.25) is 0 Å². The van der Waals surface area contributed by atoms with Crippen molar-refractivity contribution in [2.45, 2.75) is 267 Å². The molecule has 2 aliphatic heterocycles. The van der Waals surface area contributed by atoms with E-state index >= 15 is 0 Å². The fraction of sp³-hybridized carbons (Fsp3) is 1.00. The second-order valence-corrected chi connectivity index (χ2v) is 30.1. The van der Waals surface area contributed by atoms with Gasteiger partial charge in [-0.2, -0.15) is 0 Å². The first-order valence-corrected chi connectivity index (χ1v) is 30.1. The predicted octanol–water partition coefficient (Wildman–Crippen LogP) is 15.9. The lowest BCUT2D eigenvalue weighted by Gasteiger charge is -2.66. The molecule has 5 heteroatoms. The summed E-state index contributed by atoms with van der Waals surface area (Å²) >= 11 is 0. The lowest BCUT2D eigenvalue weighted by molar-refractivity contribution is -0.371. The molecule has 2 spiro atoms. The third kappa shape index (κ3) is 8.02. The molecule has 10 aliphatic rings. The summed E-state index contributed by atoms with van der Waals surface area (Å²) < 4.78 is 14.6. The highest BCUT2D eigenvalue weighted by Gasteiger charge is 2.70. The van der Waals surface area contributed by atoms with Crippen molar-refractivity contribution in [1.82, 2.24) is 10.4 Å². The Morgan fingerprint density at radius 1 is 0.552 bits per heavy atom. The van der Waals surface area contributed by atoms with E-state index in [1.54, 1.807) is 0 Å². The van der Waals surface area contributed by atoms with E-state index in [9.17, 15) is 0 Å². The minimum atomic E-state index is -0.454. The monoisotopic (exact) mass is 929 g/mol. The van der Waals surface area contributed by atoms with E-state index in [-0.39, 0.29) is 22.8 Å². The minimum Gasteiger partial charge on any atom is -0.356 e. The van der Waals surface area contributed by atoms with Crippen LogP contribution in [-0.4, -0.2) is 47.4 Å². The van der Waals surface area contributed by atoms with E-state index in [2.05, 4.69) is 107 Å². The van der Waals surface area contributed by atoms with E-state index in [0.29, 0.717) is 40.0 Å². The molecule has 8 saturated carbocycles. The molecule has 10 rings (SSSR count). The van der Waals surface area contributed by atoms with Crippen LogP contribution in [0.25, 0.3) is 0 Å². The molecule has 0 amide bonds. The normalized spacial score (nSPS) is 52.2. The highest BCUT2D eigenvalue weighted by molar-refractivity contribution is 5.17. The first kappa shape index (κ1) is 50.3. The van der Waals surface area contributed by atoms with Gasteiger partial charge in [0.05, 0.1) is 18.8 Å². The van der Waals surface area contributed by atoms with Crippen LogP contribution in [0.4, 0.5) is 0 Å². The van der Waals surface area contributed by atoms with Gasteiger partial charge < -0.3 is 9.47 Å². The van der Waals surface area contributed by atoms with E-state index in [1.807, 2.05) is 0 Å². The van der Waals surface area contributed by atoms with Gasteiger partial charge in [-0.1, -0.05) is 115 Å². The summed E-state index contributed by atoms with van der Waals surface area (Å²) in [6.45, 7) is 37.4. The second-order valence-electron chi connectivity index (χ2n) is 30.1. The summed E-state index contributed by atoms with van der Waals surface area (Å²) in [6, 6.07) is 0.338. The molecule has 67 heavy (non-hydrogen) atoms. The summed E-state index contributed by atoms with van der Waals surface area (Å²) in [5.41, 5.74) is 0.725. The van der Waals surface area contributed by atoms with Crippen molar-refractivity contribution in [3.8, 4) is 0 Å². The zero-order chi connectivity index (χ0) is 47.7. The van der Waals surface area contributed by atoms with Crippen LogP contribution in [0.15, 0.2) is 0 Å². The number of fused-ring (bicyclic) bond motifs is 10. The van der Waals surface area contributed by atoms with Crippen LogP contribution in [0.1, 0.15) is 238 Å². The lowest BCUT2D eigenvalue weighted by Crippen LogP contribution is -2.71. The summed E-state index contributed by atoms with van der Waals surface area (Å²) in [6.07, 6.45) is 30.4. The van der Waals surface area contributed by atoms with Crippen molar-refractivity contribution in [2.75, 3.05) is 13.2 Å². The molecular weight excluding hydrogens is 821 g/mol. The van der Waals surface area contributed by atoms with Crippen LogP contribution in [0.5, 0.6) is 0 Å². The average molecular weight is 930 g/mol.